The van der Waals surface area contributed by atoms with E-state index in [1.54, 1.807) is 12.1 Å². The molecule has 0 fully saturated rings. The van der Waals surface area contributed by atoms with Crippen LogP contribution in [0.3, 0.4) is 0 Å². The van der Waals surface area contributed by atoms with Crippen LogP contribution in [0.2, 0.25) is 0 Å². The normalized spacial score (nSPS) is 18.6. The average molecular weight is 221 g/mol. The van der Waals surface area contributed by atoms with Crippen molar-refractivity contribution in [1.29, 1.82) is 0 Å². The summed E-state index contributed by atoms with van der Waals surface area (Å²) >= 11 is 0. The molecular formula is C13H19NO2. The number of benzene rings is 1. The molecule has 2 N–H and O–H groups in total. The van der Waals surface area contributed by atoms with Crippen molar-refractivity contribution in [2.45, 2.75) is 38.8 Å². The summed E-state index contributed by atoms with van der Waals surface area (Å²) in [5.41, 5.74) is 1.16. The first-order chi connectivity index (χ1) is 7.74. The van der Waals surface area contributed by atoms with Gasteiger partial charge in [0.1, 0.15) is 18.1 Å². The molecule has 88 valence electrons. The number of hydrogen-bond acceptors (Lipinski definition) is 3. The molecule has 1 aromatic rings. The van der Waals surface area contributed by atoms with Crippen LogP contribution in [0.4, 0.5) is 0 Å². The maximum atomic E-state index is 9.36. The number of fused-ring (bicyclic) bond motifs is 1. The number of aromatic hydroxyl groups is 1. The highest BCUT2D eigenvalue weighted by atomic mass is 16.5. The molecule has 0 aromatic heterocycles. The third kappa shape index (κ3) is 2.14. The molecule has 0 radical (unpaired) electrons. The van der Waals surface area contributed by atoms with Gasteiger partial charge in [-0.3, -0.25) is 0 Å². The van der Waals surface area contributed by atoms with Crippen molar-refractivity contribution in [1.82, 2.24) is 5.32 Å². The minimum atomic E-state index is 0.264. The molecule has 0 spiro atoms. The van der Waals surface area contributed by atoms with Crippen molar-refractivity contribution in [3.8, 4) is 11.5 Å². The fourth-order valence-corrected chi connectivity index (χ4v) is 2.15. The Labute approximate surface area is 96.4 Å². The molecule has 1 atom stereocenters. The lowest BCUT2D eigenvalue weighted by Crippen LogP contribution is -2.32. The molecule has 1 unspecified atom stereocenters. The highest BCUT2D eigenvalue weighted by molar-refractivity contribution is 5.44. The molecule has 3 nitrogen and oxygen atoms in total. The first kappa shape index (κ1) is 11.3. The lowest BCUT2D eigenvalue weighted by atomic mass is 10.1. The molecule has 1 heterocycles. The zero-order valence-corrected chi connectivity index (χ0v) is 9.86. The van der Waals surface area contributed by atoms with Gasteiger partial charge in [0.25, 0.3) is 0 Å². The van der Waals surface area contributed by atoms with Crippen molar-refractivity contribution in [3.05, 3.63) is 23.8 Å². The molecule has 2 rings (SSSR count). The topological polar surface area (TPSA) is 41.5 Å². The Kier molecular flexibility index (Phi) is 3.34. The molecule has 0 saturated carbocycles. The van der Waals surface area contributed by atoms with E-state index >= 15 is 0 Å². The second kappa shape index (κ2) is 4.74. The van der Waals surface area contributed by atoms with Gasteiger partial charge in [0.15, 0.2) is 0 Å². The Morgan fingerprint density at radius 3 is 2.88 bits per heavy atom. The second-order valence-electron chi connectivity index (χ2n) is 4.27. The van der Waals surface area contributed by atoms with Crippen molar-refractivity contribution < 1.29 is 9.84 Å². The van der Waals surface area contributed by atoms with Crippen LogP contribution in [-0.4, -0.2) is 17.8 Å². The summed E-state index contributed by atoms with van der Waals surface area (Å²) in [4.78, 5) is 0. The van der Waals surface area contributed by atoms with Gasteiger partial charge in [0.2, 0.25) is 0 Å². The van der Waals surface area contributed by atoms with Gasteiger partial charge in [0, 0.05) is 17.7 Å². The van der Waals surface area contributed by atoms with Gasteiger partial charge in [-0.25, -0.2) is 0 Å². The summed E-state index contributed by atoms with van der Waals surface area (Å²) in [7, 11) is 0. The van der Waals surface area contributed by atoms with E-state index in [-0.39, 0.29) is 11.8 Å². The van der Waals surface area contributed by atoms with Crippen molar-refractivity contribution in [3.63, 3.8) is 0 Å². The number of ether oxygens (including phenoxy) is 1. The van der Waals surface area contributed by atoms with E-state index in [0.29, 0.717) is 12.6 Å². The van der Waals surface area contributed by atoms with E-state index < -0.39 is 0 Å². The number of phenols is 1. The summed E-state index contributed by atoms with van der Waals surface area (Å²) in [6.45, 7) is 5.04. The molecule has 0 amide bonds. The van der Waals surface area contributed by atoms with Gasteiger partial charge in [0.05, 0.1) is 6.04 Å². The van der Waals surface area contributed by atoms with Gasteiger partial charge < -0.3 is 15.2 Å². The number of phenolic OH excluding ortho intramolecular Hbond substituents is 1. The van der Waals surface area contributed by atoms with Crippen LogP contribution >= 0.6 is 0 Å². The summed E-state index contributed by atoms with van der Waals surface area (Å²) in [6, 6.07) is 6.14. The largest absolute Gasteiger partial charge is 0.508 e. The van der Waals surface area contributed by atoms with E-state index in [0.717, 1.165) is 24.2 Å². The molecule has 1 aliphatic rings. The minimum absolute atomic E-state index is 0.264. The van der Waals surface area contributed by atoms with Crippen LogP contribution in [0.15, 0.2) is 18.2 Å². The fraction of sp³-hybridized carbons (Fsp3) is 0.538. The minimum Gasteiger partial charge on any atom is -0.508 e. The predicted octanol–water partition coefficient (Wildman–Crippen LogP) is 2.60. The van der Waals surface area contributed by atoms with E-state index in [1.807, 2.05) is 6.07 Å². The van der Waals surface area contributed by atoms with Crippen LogP contribution in [0.5, 0.6) is 11.5 Å². The first-order valence-corrected chi connectivity index (χ1v) is 5.96. The summed E-state index contributed by atoms with van der Waals surface area (Å²) < 4.78 is 5.56. The van der Waals surface area contributed by atoms with E-state index in [4.69, 9.17) is 4.74 Å². The third-order valence-electron chi connectivity index (χ3n) is 3.20. The smallest absolute Gasteiger partial charge is 0.127 e. The summed E-state index contributed by atoms with van der Waals surface area (Å²) in [5.74, 6) is 1.07. The van der Waals surface area contributed by atoms with Crippen LogP contribution in [0.1, 0.15) is 38.3 Å². The second-order valence-corrected chi connectivity index (χ2v) is 4.27. The maximum Gasteiger partial charge on any atom is 0.127 e. The van der Waals surface area contributed by atoms with Crippen LogP contribution in [0.25, 0.3) is 0 Å². The molecule has 1 aliphatic heterocycles. The standard InChI is InChI=1S/C13H19NO2/c1-3-9(4-2)14-12-8-16-13-7-10(15)5-6-11(12)13/h5-7,9,12,14-15H,3-4,8H2,1-2H3. The Hall–Kier alpha value is -1.22. The van der Waals surface area contributed by atoms with Crippen LogP contribution in [-0.2, 0) is 0 Å². The molecule has 1 aromatic carbocycles. The predicted molar refractivity (Wildman–Crippen MR) is 63.8 cm³/mol. The van der Waals surface area contributed by atoms with Gasteiger partial charge in [-0.2, -0.15) is 0 Å². The maximum absolute atomic E-state index is 9.36. The average Bonchev–Trinajstić information content (AvgIpc) is 2.68. The highest BCUT2D eigenvalue weighted by Crippen LogP contribution is 2.35. The van der Waals surface area contributed by atoms with Crippen molar-refractivity contribution >= 4 is 0 Å². The Balaban J connectivity index is 2.11. The lowest BCUT2D eigenvalue weighted by molar-refractivity contribution is 0.292. The van der Waals surface area contributed by atoms with Crippen molar-refractivity contribution in [2.75, 3.05) is 6.61 Å². The van der Waals surface area contributed by atoms with Crippen LogP contribution < -0.4 is 10.1 Å². The van der Waals surface area contributed by atoms with Gasteiger partial charge in [-0.05, 0) is 25.0 Å². The van der Waals surface area contributed by atoms with Gasteiger partial charge >= 0.3 is 0 Å². The molecular weight excluding hydrogens is 202 g/mol. The molecule has 16 heavy (non-hydrogen) atoms. The number of rotatable bonds is 4. The molecule has 0 bridgehead atoms. The fourth-order valence-electron chi connectivity index (χ4n) is 2.15. The quantitative estimate of drug-likeness (QED) is 0.821. The Morgan fingerprint density at radius 1 is 1.44 bits per heavy atom. The lowest BCUT2D eigenvalue weighted by Gasteiger charge is -2.19. The van der Waals surface area contributed by atoms with E-state index in [1.165, 1.54) is 0 Å². The molecule has 0 aliphatic carbocycles. The summed E-state index contributed by atoms with van der Waals surface area (Å²) in [6.07, 6.45) is 2.25. The van der Waals surface area contributed by atoms with E-state index in [2.05, 4.69) is 19.2 Å². The highest BCUT2D eigenvalue weighted by Gasteiger charge is 2.25. The molecule has 3 heteroatoms. The first-order valence-electron chi connectivity index (χ1n) is 5.96. The zero-order chi connectivity index (χ0) is 11.5. The number of hydrogen-bond donors (Lipinski definition) is 2. The van der Waals surface area contributed by atoms with Crippen LogP contribution in [0, 0.1) is 0 Å². The van der Waals surface area contributed by atoms with Gasteiger partial charge in [-0.15, -0.1) is 0 Å². The molecule has 0 saturated heterocycles. The Morgan fingerprint density at radius 2 is 2.19 bits per heavy atom. The number of nitrogens with one attached hydrogen (secondary N) is 1. The Bertz CT molecular complexity index is 361. The monoisotopic (exact) mass is 221 g/mol. The van der Waals surface area contributed by atoms with E-state index in [9.17, 15) is 5.11 Å². The van der Waals surface area contributed by atoms with Crippen molar-refractivity contribution in [2.24, 2.45) is 0 Å². The SMILES string of the molecule is CCC(CC)NC1COc2cc(O)ccc21. The third-order valence-corrected chi connectivity index (χ3v) is 3.20. The zero-order valence-electron chi connectivity index (χ0n) is 9.86. The summed E-state index contributed by atoms with van der Waals surface area (Å²) in [5, 5.41) is 12.9. The van der Waals surface area contributed by atoms with Gasteiger partial charge in [-0.1, -0.05) is 13.8 Å².